The van der Waals surface area contributed by atoms with E-state index in [-0.39, 0.29) is 21.6 Å². The van der Waals surface area contributed by atoms with Crippen LogP contribution < -0.4 is 5.43 Å². The number of carbonyl (C=O) groups is 1. The van der Waals surface area contributed by atoms with E-state index >= 15 is 0 Å². The summed E-state index contributed by atoms with van der Waals surface area (Å²) in [6, 6.07) is 6.25. The summed E-state index contributed by atoms with van der Waals surface area (Å²) < 4.78 is 27.0. The lowest BCUT2D eigenvalue weighted by molar-refractivity contribution is 0.0953. The molecule has 28 heavy (non-hydrogen) atoms. The summed E-state index contributed by atoms with van der Waals surface area (Å²) >= 11 is 0. The lowest BCUT2D eigenvalue weighted by atomic mass is 9.70. The van der Waals surface area contributed by atoms with Crippen LogP contribution in [0.2, 0.25) is 0 Å². The summed E-state index contributed by atoms with van der Waals surface area (Å²) in [6.45, 7) is 7.92. The van der Waals surface area contributed by atoms with Crippen molar-refractivity contribution in [3.05, 3.63) is 29.8 Å². The molecule has 1 aliphatic heterocycles. The predicted octanol–water partition coefficient (Wildman–Crippen LogP) is 3.40. The lowest BCUT2D eigenvalue weighted by Gasteiger charge is -2.34. The van der Waals surface area contributed by atoms with Crippen LogP contribution in [0.1, 0.15) is 63.2 Å². The fourth-order valence-electron chi connectivity index (χ4n) is 5.16. The quantitative estimate of drug-likeness (QED) is 0.783. The Morgan fingerprint density at radius 3 is 2.54 bits per heavy atom. The fourth-order valence-corrected chi connectivity index (χ4v) is 6.72. The van der Waals surface area contributed by atoms with E-state index in [1.807, 2.05) is 0 Å². The van der Waals surface area contributed by atoms with Gasteiger partial charge < -0.3 is 0 Å². The molecule has 2 atom stereocenters. The Morgan fingerprint density at radius 2 is 1.93 bits per heavy atom. The smallest absolute Gasteiger partial charge is 0.267 e. The molecule has 0 aromatic heterocycles. The molecule has 7 heteroatoms. The normalized spacial score (nSPS) is 30.8. The van der Waals surface area contributed by atoms with Crippen LogP contribution in [0.3, 0.4) is 0 Å². The molecule has 6 nitrogen and oxygen atoms in total. The number of hydrazone groups is 1. The van der Waals surface area contributed by atoms with Gasteiger partial charge in [0, 0.05) is 29.8 Å². The maximum Gasteiger partial charge on any atom is 0.271 e. The number of rotatable bonds is 4. The molecule has 0 unspecified atom stereocenters. The topological polar surface area (TPSA) is 78.8 Å². The zero-order valence-corrected chi connectivity index (χ0v) is 17.7. The number of hydrogen-bond donors (Lipinski definition) is 1. The highest BCUT2D eigenvalue weighted by molar-refractivity contribution is 7.89. The van der Waals surface area contributed by atoms with E-state index < -0.39 is 10.0 Å². The molecule has 4 rings (SSSR count). The third kappa shape index (κ3) is 2.90. The van der Waals surface area contributed by atoms with Crippen LogP contribution in [0.4, 0.5) is 0 Å². The number of nitrogens with zero attached hydrogens (tertiary/aromatic N) is 2. The first-order valence-electron chi connectivity index (χ1n) is 10.1. The van der Waals surface area contributed by atoms with E-state index in [1.54, 1.807) is 18.2 Å². The second kappa shape index (κ2) is 6.66. The zero-order chi connectivity index (χ0) is 20.2. The van der Waals surface area contributed by atoms with Gasteiger partial charge in [-0.25, -0.2) is 13.8 Å². The molecule has 3 fully saturated rings. The molecule has 2 saturated carbocycles. The first-order valence-corrected chi connectivity index (χ1v) is 11.6. The lowest BCUT2D eigenvalue weighted by Crippen LogP contribution is -2.34. The third-order valence-electron chi connectivity index (χ3n) is 7.60. The third-order valence-corrected chi connectivity index (χ3v) is 9.50. The minimum absolute atomic E-state index is 0.0197. The van der Waals surface area contributed by atoms with Gasteiger partial charge in [-0.05, 0) is 61.6 Å². The Labute approximate surface area is 167 Å². The van der Waals surface area contributed by atoms with Gasteiger partial charge in [-0.15, -0.1) is 0 Å². The van der Waals surface area contributed by atoms with Crippen molar-refractivity contribution < 1.29 is 13.2 Å². The molecule has 1 N–H and O–H groups in total. The summed E-state index contributed by atoms with van der Waals surface area (Å²) in [4.78, 5) is 12.8. The summed E-state index contributed by atoms with van der Waals surface area (Å²) in [5.41, 5.74) is 4.27. The number of amides is 1. The molecule has 152 valence electrons. The van der Waals surface area contributed by atoms with Crippen LogP contribution in [0.15, 0.2) is 34.3 Å². The summed E-state index contributed by atoms with van der Waals surface area (Å²) in [7, 11) is -3.54. The molecule has 1 aromatic rings. The highest BCUT2D eigenvalue weighted by atomic mass is 32.2. The Kier molecular flexibility index (Phi) is 4.66. The molecular formula is C21H29N3O3S. The number of nitrogens with one attached hydrogen (secondary N) is 1. The van der Waals surface area contributed by atoms with Gasteiger partial charge in [-0.1, -0.05) is 26.8 Å². The number of hydrogen-bond acceptors (Lipinski definition) is 4. The van der Waals surface area contributed by atoms with Crippen LogP contribution in [0, 0.1) is 16.7 Å². The zero-order valence-electron chi connectivity index (χ0n) is 16.9. The first kappa shape index (κ1) is 19.6. The van der Waals surface area contributed by atoms with Gasteiger partial charge in [-0.2, -0.15) is 9.41 Å². The Hall–Kier alpha value is -1.73. The van der Waals surface area contributed by atoms with Crippen molar-refractivity contribution in [3.8, 4) is 0 Å². The number of sulfonamides is 1. The minimum Gasteiger partial charge on any atom is -0.267 e. The van der Waals surface area contributed by atoms with Gasteiger partial charge in [0.2, 0.25) is 10.0 Å². The van der Waals surface area contributed by atoms with E-state index in [2.05, 4.69) is 31.3 Å². The van der Waals surface area contributed by atoms with Crippen LogP contribution in [0.25, 0.3) is 0 Å². The first-order chi connectivity index (χ1) is 13.2. The molecular weight excluding hydrogens is 374 g/mol. The molecule has 3 aliphatic rings. The van der Waals surface area contributed by atoms with E-state index in [0.29, 0.717) is 24.6 Å². The maximum atomic E-state index is 12.7. The molecule has 2 bridgehead atoms. The standard InChI is InChI=1S/C21H29N3O3S/c1-20(2)16-9-10-21(20,3)18(14-16)22-23-19(25)15-7-6-8-17(13-15)28(26,27)24-11-4-5-12-24/h6-8,13,16H,4-5,9-12,14H2,1-3H3,(H,23,25)/b22-18+/t16-,21+/m1/s1. The number of carbonyl (C=O) groups excluding carboxylic acids is 1. The second-order valence-electron chi connectivity index (χ2n) is 9.13. The highest BCUT2D eigenvalue weighted by Gasteiger charge is 2.60. The van der Waals surface area contributed by atoms with Crippen LogP contribution in [-0.2, 0) is 10.0 Å². The summed E-state index contributed by atoms with van der Waals surface area (Å²) in [5.74, 6) is 0.247. The van der Waals surface area contributed by atoms with Crippen molar-refractivity contribution in [3.63, 3.8) is 0 Å². The van der Waals surface area contributed by atoms with E-state index in [9.17, 15) is 13.2 Å². The van der Waals surface area contributed by atoms with Gasteiger partial charge in [-0.3, -0.25) is 4.79 Å². The van der Waals surface area contributed by atoms with Crippen molar-refractivity contribution in [2.24, 2.45) is 21.8 Å². The van der Waals surface area contributed by atoms with Gasteiger partial charge in [0.15, 0.2) is 0 Å². The van der Waals surface area contributed by atoms with Crippen molar-refractivity contribution in [2.75, 3.05) is 13.1 Å². The Morgan fingerprint density at radius 1 is 1.21 bits per heavy atom. The molecule has 1 amide bonds. The van der Waals surface area contributed by atoms with Gasteiger partial charge in [0.05, 0.1) is 4.90 Å². The van der Waals surface area contributed by atoms with Crippen LogP contribution >= 0.6 is 0 Å². The molecule has 0 spiro atoms. The van der Waals surface area contributed by atoms with Crippen molar-refractivity contribution in [1.82, 2.24) is 9.73 Å². The maximum absolute atomic E-state index is 12.7. The highest BCUT2D eigenvalue weighted by Crippen LogP contribution is 2.63. The Balaban J connectivity index is 1.52. The molecule has 1 aromatic carbocycles. The Bertz CT molecular complexity index is 932. The number of benzene rings is 1. The molecule has 1 heterocycles. The van der Waals surface area contributed by atoms with Crippen molar-refractivity contribution in [2.45, 2.75) is 57.8 Å². The van der Waals surface area contributed by atoms with Crippen LogP contribution in [-0.4, -0.2) is 37.4 Å². The predicted molar refractivity (Wildman–Crippen MR) is 109 cm³/mol. The SMILES string of the molecule is CC1(C)[C@@H]2CC[C@@]1(C)/C(=N/NC(=O)c1cccc(S(=O)(=O)N3CCCC3)c1)C2. The van der Waals surface area contributed by atoms with E-state index in [4.69, 9.17) is 0 Å². The van der Waals surface area contributed by atoms with Gasteiger partial charge in [0.1, 0.15) is 0 Å². The molecule has 2 aliphatic carbocycles. The monoisotopic (exact) mass is 403 g/mol. The fraction of sp³-hybridized carbons (Fsp3) is 0.619. The minimum atomic E-state index is -3.54. The largest absolute Gasteiger partial charge is 0.271 e. The van der Waals surface area contributed by atoms with Crippen molar-refractivity contribution in [1.29, 1.82) is 0 Å². The van der Waals surface area contributed by atoms with Crippen molar-refractivity contribution >= 4 is 21.6 Å². The van der Waals surface area contributed by atoms with E-state index in [1.165, 1.54) is 16.8 Å². The van der Waals surface area contributed by atoms with Gasteiger partial charge >= 0.3 is 0 Å². The second-order valence-corrected chi connectivity index (χ2v) is 11.1. The molecule has 0 radical (unpaired) electrons. The van der Waals surface area contributed by atoms with E-state index in [0.717, 1.165) is 31.4 Å². The summed E-state index contributed by atoms with van der Waals surface area (Å²) in [5, 5.41) is 4.48. The average molecular weight is 404 g/mol. The summed E-state index contributed by atoms with van der Waals surface area (Å²) in [6.07, 6.45) is 5.00. The molecule has 1 saturated heterocycles. The van der Waals surface area contributed by atoms with Crippen LogP contribution in [0.5, 0.6) is 0 Å². The average Bonchev–Trinajstić information content (AvgIpc) is 3.33. The van der Waals surface area contributed by atoms with Gasteiger partial charge in [0.25, 0.3) is 5.91 Å². The number of fused-ring (bicyclic) bond motifs is 2.